The Labute approximate surface area is 118 Å². The molecule has 0 radical (unpaired) electrons. The molecule has 0 fully saturated rings. The van der Waals surface area contributed by atoms with E-state index in [4.69, 9.17) is 0 Å². The lowest BCUT2D eigenvalue weighted by atomic mass is 10.0. The zero-order valence-electron chi connectivity index (χ0n) is 12.8. The Balaban J connectivity index is 3.21. The highest BCUT2D eigenvalue weighted by atomic mass is 16.5. The first-order valence-corrected chi connectivity index (χ1v) is 7.95. The van der Waals surface area contributed by atoms with Crippen molar-refractivity contribution in [2.45, 2.75) is 90.1 Å². The smallest absolute Gasteiger partial charge is 0.305 e. The number of hydrogen-bond acceptors (Lipinski definition) is 3. The van der Waals surface area contributed by atoms with Gasteiger partial charge in [-0.2, -0.15) is 0 Å². The van der Waals surface area contributed by atoms with Crippen molar-refractivity contribution < 1.29 is 14.6 Å². The second-order valence-corrected chi connectivity index (χ2v) is 5.39. The van der Waals surface area contributed by atoms with Gasteiger partial charge in [-0.25, -0.2) is 0 Å². The number of aliphatic hydroxyl groups is 1. The van der Waals surface area contributed by atoms with Crippen molar-refractivity contribution in [3.63, 3.8) is 0 Å². The summed E-state index contributed by atoms with van der Waals surface area (Å²) in [5, 5.41) is 9.81. The maximum absolute atomic E-state index is 10.9. The molecule has 0 aromatic carbocycles. The van der Waals surface area contributed by atoms with Crippen LogP contribution in [0.1, 0.15) is 84.0 Å². The van der Waals surface area contributed by atoms with Crippen molar-refractivity contribution in [2.75, 3.05) is 7.11 Å². The predicted molar refractivity (Wildman–Crippen MR) is 79.1 cm³/mol. The van der Waals surface area contributed by atoms with E-state index in [0.717, 1.165) is 38.5 Å². The van der Waals surface area contributed by atoms with Gasteiger partial charge >= 0.3 is 5.97 Å². The molecule has 0 aromatic rings. The molecule has 0 rings (SSSR count). The summed E-state index contributed by atoms with van der Waals surface area (Å²) < 4.78 is 4.58. The van der Waals surface area contributed by atoms with Gasteiger partial charge in [0, 0.05) is 6.42 Å². The van der Waals surface area contributed by atoms with Gasteiger partial charge in [0.15, 0.2) is 0 Å². The van der Waals surface area contributed by atoms with Gasteiger partial charge < -0.3 is 9.84 Å². The first-order chi connectivity index (χ1) is 9.20. The average Bonchev–Trinajstić information content (AvgIpc) is 2.42. The topological polar surface area (TPSA) is 46.5 Å². The second-order valence-electron chi connectivity index (χ2n) is 5.39. The zero-order valence-corrected chi connectivity index (χ0v) is 12.8. The fourth-order valence-electron chi connectivity index (χ4n) is 2.23. The molecule has 0 aromatic heterocycles. The summed E-state index contributed by atoms with van der Waals surface area (Å²) in [6, 6.07) is 0. The summed E-state index contributed by atoms with van der Waals surface area (Å²) in [4.78, 5) is 10.9. The maximum atomic E-state index is 10.9. The average molecular weight is 272 g/mol. The highest BCUT2D eigenvalue weighted by molar-refractivity contribution is 5.68. The monoisotopic (exact) mass is 272 g/mol. The Morgan fingerprint density at radius 3 is 2.05 bits per heavy atom. The highest BCUT2D eigenvalue weighted by Gasteiger charge is 2.04. The van der Waals surface area contributed by atoms with E-state index in [0.29, 0.717) is 6.42 Å². The first kappa shape index (κ1) is 18.4. The van der Waals surface area contributed by atoms with Crippen LogP contribution < -0.4 is 0 Å². The van der Waals surface area contributed by atoms with Crippen LogP contribution in [-0.2, 0) is 9.53 Å². The van der Waals surface area contributed by atoms with E-state index in [1.54, 1.807) is 0 Å². The predicted octanol–water partition coefficient (Wildman–Crippen LogP) is 4.22. The third-order valence-electron chi connectivity index (χ3n) is 3.54. The first-order valence-electron chi connectivity index (χ1n) is 7.95. The Morgan fingerprint density at radius 1 is 0.947 bits per heavy atom. The Kier molecular flexibility index (Phi) is 13.4. The molecule has 3 nitrogen and oxygen atoms in total. The molecule has 0 aliphatic rings. The van der Waals surface area contributed by atoms with Crippen molar-refractivity contribution in [2.24, 2.45) is 0 Å². The van der Waals surface area contributed by atoms with Gasteiger partial charge in [0.1, 0.15) is 0 Å². The van der Waals surface area contributed by atoms with Crippen molar-refractivity contribution in [1.29, 1.82) is 0 Å². The third kappa shape index (κ3) is 13.7. The van der Waals surface area contributed by atoms with Crippen LogP contribution in [0.15, 0.2) is 0 Å². The number of ether oxygens (including phenoxy) is 1. The zero-order chi connectivity index (χ0) is 14.3. The minimum Gasteiger partial charge on any atom is -0.469 e. The number of carbonyl (C=O) groups is 1. The summed E-state index contributed by atoms with van der Waals surface area (Å²) >= 11 is 0. The molecule has 3 heteroatoms. The number of hydrogen-bond donors (Lipinski definition) is 1. The van der Waals surface area contributed by atoms with Gasteiger partial charge in [-0.05, 0) is 19.3 Å². The van der Waals surface area contributed by atoms with Crippen LogP contribution >= 0.6 is 0 Å². The number of unbranched alkanes of at least 4 members (excludes halogenated alkanes) is 7. The van der Waals surface area contributed by atoms with Crippen LogP contribution in [0.3, 0.4) is 0 Å². The van der Waals surface area contributed by atoms with Gasteiger partial charge in [0.25, 0.3) is 0 Å². The minimum absolute atomic E-state index is 0.132. The Hall–Kier alpha value is -0.570. The number of esters is 1. The normalized spacial score (nSPS) is 12.4. The van der Waals surface area contributed by atoms with Crippen LogP contribution in [0.4, 0.5) is 0 Å². The quantitative estimate of drug-likeness (QED) is 0.403. The molecule has 0 amide bonds. The van der Waals surface area contributed by atoms with Gasteiger partial charge in [-0.15, -0.1) is 0 Å². The lowest BCUT2D eigenvalue weighted by molar-refractivity contribution is -0.140. The summed E-state index contributed by atoms with van der Waals surface area (Å²) in [6.07, 6.45) is 12.7. The fourth-order valence-corrected chi connectivity index (χ4v) is 2.23. The second kappa shape index (κ2) is 13.9. The largest absolute Gasteiger partial charge is 0.469 e. The van der Waals surface area contributed by atoms with Gasteiger partial charge in [-0.1, -0.05) is 58.3 Å². The molecule has 19 heavy (non-hydrogen) atoms. The highest BCUT2D eigenvalue weighted by Crippen LogP contribution is 2.13. The Bertz CT molecular complexity index is 204. The number of methoxy groups -OCH3 is 1. The van der Waals surface area contributed by atoms with E-state index in [-0.39, 0.29) is 12.1 Å². The van der Waals surface area contributed by atoms with Crippen molar-refractivity contribution in [3.05, 3.63) is 0 Å². The summed E-state index contributed by atoms with van der Waals surface area (Å²) in [6.45, 7) is 2.23. The molecule has 1 N–H and O–H groups in total. The minimum atomic E-state index is -0.149. The van der Waals surface area contributed by atoms with Crippen molar-refractivity contribution in [1.82, 2.24) is 0 Å². The molecular formula is C16H32O3. The van der Waals surface area contributed by atoms with E-state index < -0.39 is 0 Å². The van der Waals surface area contributed by atoms with E-state index in [1.807, 2.05) is 0 Å². The third-order valence-corrected chi connectivity index (χ3v) is 3.54. The lowest BCUT2D eigenvalue weighted by Gasteiger charge is -2.10. The molecule has 1 atom stereocenters. The molecule has 114 valence electrons. The molecule has 0 spiro atoms. The van der Waals surface area contributed by atoms with E-state index in [1.165, 1.54) is 39.2 Å². The van der Waals surface area contributed by atoms with Crippen molar-refractivity contribution in [3.8, 4) is 0 Å². The van der Waals surface area contributed by atoms with Crippen LogP contribution in [-0.4, -0.2) is 24.3 Å². The number of rotatable bonds is 13. The number of aliphatic hydroxyl groups excluding tert-OH is 1. The fraction of sp³-hybridized carbons (Fsp3) is 0.938. The van der Waals surface area contributed by atoms with Crippen LogP contribution in [0.25, 0.3) is 0 Å². The lowest BCUT2D eigenvalue weighted by Crippen LogP contribution is -2.06. The van der Waals surface area contributed by atoms with Gasteiger partial charge in [0.2, 0.25) is 0 Å². The van der Waals surface area contributed by atoms with E-state index in [9.17, 15) is 9.90 Å². The summed E-state index contributed by atoms with van der Waals surface area (Å²) in [5.41, 5.74) is 0. The molecule has 1 unspecified atom stereocenters. The molecular weight excluding hydrogens is 240 g/mol. The number of carbonyl (C=O) groups excluding carboxylic acids is 1. The molecule has 0 heterocycles. The molecule has 0 aliphatic carbocycles. The standard InChI is InChI=1S/C16H32O3/c1-3-4-5-6-7-9-12-15(17)13-10-8-11-14-16(18)19-2/h15,17H,3-14H2,1-2H3. The maximum Gasteiger partial charge on any atom is 0.305 e. The van der Waals surface area contributed by atoms with Crippen molar-refractivity contribution >= 4 is 5.97 Å². The van der Waals surface area contributed by atoms with Crippen LogP contribution in [0.5, 0.6) is 0 Å². The summed E-state index contributed by atoms with van der Waals surface area (Å²) in [7, 11) is 1.42. The SMILES string of the molecule is CCCCCCCCC(O)CCCCCC(=O)OC. The summed E-state index contributed by atoms with van der Waals surface area (Å²) in [5.74, 6) is -0.132. The van der Waals surface area contributed by atoms with Crippen LogP contribution in [0, 0.1) is 0 Å². The molecule has 0 saturated carbocycles. The molecule has 0 bridgehead atoms. The van der Waals surface area contributed by atoms with Gasteiger partial charge in [-0.3, -0.25) is 4.79 Å². The van der Waals surface area contributed by atoms with E-state index >= 15 is 0 Å². The Morgan fingerprint density at radius 2 is 1.47 bits per heavy atom. The van der Waals surface area contributed by atoms with Crippen LogP contribution in [0.2, 0.25) is 0 Å². The molecule has 0 aliphatic heterocycles. The van der Waals surface area contributed by atoms with E-state index in [2.05, 4.69) is 11.7 Å². The van der Waals surface area contributed by atoms with Gasteiger partial charge in [0.05, 0.1) is 13.2 Å². The molecule has 0 saturated heterocycles.